The summed E-state index contributed by atoms with van der Waals surface area (Å²) in [6, 6.07) is 0. The molecule has 0 saturated carbocycles. The number of rotatable bonds is 0. The maximum atomic E-state index is 11.5. The van der Waals surface area contributed by atoms with Crippen molar-refractivity contribution in [1.29, 1.82) is 0 Å². The monoisotopic (exact) mass is 232 g/mol. The van der Waals surface area contributed by atoms with E-state index in [4.69, 9.17) is 23.2 Å². The Balaban J connectivity index is 3.10. The largest absolute Gasteiger partial charge is 0.329 e. The van der Waals surface area contributed by atoms with Crippen molar-refractivity contribution in [3.05, 3.63) is 20.9 Å². The molecule has 2 heterocycles. The van der Waals surface area contributed by atoms with Gasteiger partial charge >= 0.3 is 5.69 Å². The molecule has 0 aliphatic heterocycles. The van der Waals surface area contributed by atoms with E-state index < -0.39 is 0 Å². The molecule has 2 aromatic heterocycles. The highest BCUT2D eigenvalue weighted by atomic mass is 35.5. The molecule has 0 amide bonds. The average molecular weight is 233 g/mol. The van der Waals surface area contributed by atoms with E-state index in [9.17, 15) is 4.79 Å². The van der Waals surface area contributed by atoms with Crippen molar-refractivity contribution < 1.29 is 0 Å². The van der Waals surface area contributed by atoms with Crippen LogP contribution in [0.2, 0.25) is 10.4 Å². The van der Waals surface area contributed by atoms with Crippen molar-refractivity contribution in [3.63, 3.8) is 0 Å². The zero-order chi connectivity index (χ0) is 10.5. The lowest BCUT2D eigenvalue weighted by Gasteiger charge is -1.96. The molecule has 0 N–H and O–H groups in total. The van der Waals surface area contributed by atoms with Crippen LogP contribution in [-0.2, 0) is 14.1 Å². The van der Waals surface area contributed by atoms with E-state index in [1.54, 1.807) is 14.1 Å². The van der Waals surface area contributed by atoms with E-state index in [1.165, 1.54) is 9.13 Å². The highest BCUT2D eigenvalue weighted by molar-refractivity contribution is 6.35. The van der Waals surface area contributed by atoms with Gasteiger partial charge in [-0.3, -0.25) is 9.13 Å². The lowest BCUT2D eigenvalue weighted by atomic mass is 10.5. The molecule has 74 valence electrons. The molecule has 0 radical (unpaired) electrons. The van der Waals surface area contributed by atoms with Crippen LogP contribution in [0.5, 0.6) is 0 Å². The van der Waals surface area contributed by atoms with Gasteiger partial charge in [0.15, 0.2) is 10.8 Å². The average Bonchev–Trinajstić information content (AvgIpc) is 2.31. The normalized spacial score (nSPS) is 11.1. The molecule has 0 spiro atoms. The Morgan fingerprint density at radius 2 is 1.79 bits per heavy atom. The van der Waals surface area contributed by atoms with Crippen molar-refractivity contribution in [2.24, 2.45) is 14.1 Å². The predicted molar refractivity (Wildman–Crippen MR) is 53.8 cm³/mol. The summed E-state index contributed by atoms with van der Waals surface area (Å²) in [5, 5.41) is 0.212. The van der Waals surface area contributed by atoms with E-state index in [1.807, 2.05) is 0 Å². The van der Waals surface area contributed by atoms with Gasteiger partial charge in [-0.25, -0.2) is 9.78 Å². The van der Waals surface area contributed by atoms with E-state index >= 15 is 0 Å². The van der Waals surface area contributed by atoms with Crippen LogP contribution in [0.1, 0.15) is 0 Å². The van der Waals surface area contributed by atoms with E-state index in [0.29, 0.717) is 11.2 Å². The Kier molecular flexibility index (Phi) is 2.01. The number of hydrogen-bond acceptors (Lipinski definition) is 3. The van der Waals surface area contributed by atoms with Crippen molar-refractivity contribution in [2.75, 3.05) is 0 Å². The first-order valence-electron chi connectivity index (χ1n) is 3.77. The lowest BCUT2D eigenvalue weighted by Crippen LogP contribution is -2.19. The van der Waals surface area contributed by atoms with Gasteiger partial charge in [0.05, 0.1) is 0 Å². The van der Waals surface area contributed by atoms with Crippen LogP contribution in [-0.4, -0.2) is 19.1 Å². The first kappa shape index (κ1) is 9.48. The molecular weight excluding hydrogens is 227 g/mol. The third-order valence-corrected chi connectivity index (χ3v) is 2.46. The smallest absolute Gasteiger partial charge is 0.291 e. The van der Waals surface area contributed by atoms with E-state index in [2.05, 4.69) is 9.97 Å². The summed E-state index contributed by atoms with van der Waals surface area (Å²) in [7, 11) is 3.21. The van der Waals surface area contributed by atoms with Gasteiger partial charge in [-0.15, -0.1) is 0 Å². The minimum atomic E-state index is -0.210. The SMILES string of the molecule is Cn1c(=O)n(C)c2c(Cl)nc(Cl)nc21. The molecular formula is C7H6Cl2N4O. The fourth-order valence-corrected chi connectivity index (χ4v) is 1.82. The van der Waals surface area contributed by atoms with Crippen LogP contribution in [0.15, 0.2) is 4.79 Å². The zero-order valence-electron chi connectivity index (χ0n) is 7.45. The Labute approximate surface area is 88.9 Å². The molecule has 7 heteroatoms. The second-order valence-electron chi connectivity index (χ2n) is 2.86. The molecule has 0 unspecified atom stereocenters. The summed E-state index contributed by atoms with van der Waals surface area (Å²) >= 11 is 11.5. The molecule has 14 heavy (non-hydrogen) atoms. The summed E-state index contributed by atoms with van der Waals surface area (Å²) in [6.45, 7) is 0. The first-order valence-corrected chi connectivity index (χ1v) is 4.52. The number of fused-ring (bicyclic) bond motifs is 1. The summed E-state index contributed by atoms with van der Waals surface area (Å²) < 4.78 is 2.75. The molecule has 0 aromatic carbocycles. The highest BCUT2D eigenvalue weighted by Gasteiger charge is 2.14. The Bertz CT molecular complexity index is 571. The van der Waals surface area contributed by atoms with Crippen molar-refractivity contribution in [3.8, 4) is 0 Å². The van der Waals surface area contributed by atoms with Gasteiger partial charge in [0.1, 0.15) is 5.52 Å². The quantitative estimate of drug-likeness (QED) is 0.503. The van der Waals surface area contributed by atoms with Gasteiger partial charge < -0.3 is 0 Å². The molecule has 5 nitrogen and oxygen atoms in total. The second kappa shape index (κ2) is 2.96. The zero-order valence-corrected chi connectivity index (χ0v) is 8.96. The Hall–Kier alpha value is -1.07. The molecule has 2 rings (SSSR count). The van der Waals surface area contributed by atoms with Crippen molar-refractivity contribution in [1.82, 2.24) is 19.1 Å². The Morgan fingerprint density at radius 3 is 2.43 bits per heavy atom. The minimum Gasteiger partial charge on any atom is -0.291 e. The fourth-order valence-electron chi connectivity index (χ4n) is 1.33. The van der Waals surface area contributed by atoms with Crippen LogP contribution < -0.4 is 5.69 Å². The molecule has 0 atom stereocenters. The van der Waals surface area contributed by atoms with Crippen molar-refractivity contribution in [2.45, 2.75) is 0 Å². The molecule has 0 saturated heterocycles. The Morgan fingerprint density at radius 1 is 1.14 bits per heavy atom. The summed E-state index contributed by atoms with van der Waals surface area (Å²) in [5.74, 6) is 0. The standard InChI is InChI=1S/C7H6Cl2N4O/c1-12-3-4(8)10-6(9)11-5(3)13(2)7(12)14/h1-2H3. The first-order chi connectivity index (χ1) is 6.52. The predicted octanol–water partition coefficient (Wildman–Crippen LogP) is 0.974. The maximum absolute atomic E-state index is 11.5. The number of imidazole rings is 1. The molecule has 0 aliphatic carbocycles. The van der Waals surface area contributed by atoms with Crippen LogP contribution >= 0.6 is 23.2 Å². The fraction of sp³-hybridized carbons (Fsp3) is 0.286. The summed E-state index contributed by atoms with van der Waals surface area (Å²) in [5.41, 5.74) is 0.713. The topological polar surface area (TPSA) is 52.7 Å². The van der Waals surface area contributed by atoms with Crippen LogP contribution in [0, 0.1) is 0 Å². The van der Waals surface area contributed by atoms with Gasteiger partial charge in [0.25, 0.3) is 0 Å². The van der Waals surface area contributed by atoms with Gasteiger partial charge in [-0.1, -0.05) is 11.6 Å². The summed E-state index contributed by atoms with van der Waals surface area (Å²) in [6.07, 6.45) is 0. The molecule has 2 aromatic rings. The number of aromatic nitrogens is 4. The lowest BCUT2D eigenvalue weighted by molar-refractivity contribution is 0.791. The number of nitrogens with zero attached hydrogens (tertiary/aromatic N) is 4. The second-order valence-corrected chi connectivity index (χ2v) is 3.55. The van der Waals surface area contributed by atoms with E-state index in [-0.39, 0.29) is 16.1 Å². The van der Waals surface area contributed by atoms with Crippen LogP contribution in [0.25, 0.3) is 11.2 Å². The van der Waals surface area contributed by atoms with Crippen LogP contribution in [0.4, 0.5) is 0 Å². The third kappa shape index (κ3) is 1.13. The number of halogens is 2. The third-order valence-electron chi connectivity index (χ3n) is 2.02. The maximum Gasteiger partial charge on any atom is 0.329 e. The van der Waals surface area contributed by atoms with E-state index in [0.717, 1.165) is 0 Å². The van der Waals surface area contributed by atoms with Gasteiger partial charge in [0.2, 0.25) is 5.28 Å². The van der Waals surface area contributed by atoms with Gasteiger partial charge in [-0.2, -0.15) is 4.98 Å². The van der Waals surface area contributed by atoms with Crippen molar-refractivity contribution >= 4 is 34.4 Å². The summed E-state index contributed by atoms with van der Waals surface area (Å²) in [4.78, 5) is 19.2. The van der Waals surface area contributed by atoms with Gasteiger partial charge in [-0.05, 0) is 11.6 Å². The van der Waals surface area contributed by atoms with Gasteiger partial charge in [0, 0.05) is 14.1 Å². The van der Waals surface area contributed by atoms with Crippen LogP contribution in [0.3, 0.4) is 0 Å². The molecule has 0 fully saturated rings. The highest BCUT2D eigenvalue weighted by Crippen LogP contribution is 2.19. The number of hydrogen-bond donors (Lipinski definition) is 0. The minimum absolute atomic E-state index is 0.0312. The number of aryl methyl sites for hydroxylation is 2. The molecule has 0 bridgehead atoms. The molecule has 0 aliphatic rings.